The van der Waals surface area contributed by atoms with Gasteiger partial charge in [0.2, 0.25) is 10.0 Å². The number of ether oxygens (including phenoxy) is 1. The van der Waals surface area contributed by atoms with Gasteiger partial charge in [-0.15, -0.1) is 5.10 Å². The fraction of sp³-hybridized carbons (Fsp3) is 0.600. The summed E-state index contributed by atoms with van der Waals surface area (Å²) < 4.78 is 31.3. The smallest absolute Gasteiger partial charge is 0.310 e. The predicted octanol–water partition coefficient (Wildman–Crippen LogP) is -0.0450. The highest BCUT2D eigenvalue weighted by molar-refractivity contribution is 7.93. The molecule has 9 heteroatoms. The number of rotatable bonds is 4. The Hall–Kier alpha value is -1.77. The molecule has 1 aromatic rings. The van der Waals surface area contributed by atoms with E-state index in [1.807, 2.05) is 0 Å². The SMILES string of the molecule is COC(=O)C1CCCC1S(=O)(=O)Nc1nccnn1. The van der Waals surface area contributed by atoms with Crippen molar-refractivity contribution in [3.63, 3.8) is 0 Å². The third kappa shape index (κ3) is 2.98. The molecule has 1 aliphatic rings. The second-order valence-corrected chi connectivity index (χ2v) is 6.11. The molecule has 1 N–H and O–H groups in total. The van der Waals surface area contributed by atoms with Crippen molar-refractivity contribution in [1.29, 1.82) is 0 Å². The number of hydrogen-bond acceptors (Lipinski definition) is 7. The van der Waals surface area contributed by atoms with E-state index in [4.69, 9.17) is 0 Å². The predicted molar refractivity (Wildman–Crippen MR) is 65.5 cm³/mol. The van der Waals surface area contributed by atoms with Gasteiger partial charge in [0.1, 0.15) is 0 Å². The summed E-state index contributed by atoms with van der Waals surface area (Å²) in [5.41, 5.74) is 0. The molecule has 2 unspecified atom stereocenters. The molecule has 1 heterocycles. The zero-order chi connectivity index (χ0) is 13.9. The van der Waals surface area contributed by atoms with E-state index in [1.165, 1.54) is 19.5 Å². The molecule has 0 radical (unpaired) electrons. The number of esters is 1. The standard InChI is InChI=1S/C10H14N4O4S/c1-18-9(15)7-3-2-4-8(7)19(16,17)14-10-11-5-6-12-13-10/h5-8H,2-4H2,1H3,(H,11,13,14). The number of sulfonamides is 1. The summed E-state index contributed by atoms with van der Waals surface area (Å²) in [4.78, 5) is 15.3. The molecule has 104 valence electrons. The Morgan fingerprint density at radius 3 is 2.84 bits per heavy atom. The highest BCUT2D eigenvalue weighted by Crippen LogP contribution is 2.32. The van der Waals surface area contributed by atoms with Crippen LogP contribution in [0.5, 0.6) is 0 Å². The molecule has 0 aliphatic heterocycles. The Labute approximate surface area is 110 Å². The van der Waals surface area contributed by atoms with Gasteiger partial charge in [-0.3, -0.25) is 4.79 Å². The van der Waals surface area contributed by atoms with Crippen molar-refractivity contribution in [2.24, 2.45) is 5.92 Å². The van der Waals surface area contributed by atoms with Gasteiger partial charge in [-0.05, 0) is 12.8 Å². The molecule has 1 saturated carbocycles. The van der Waals surface area contributed by atoms with Crippen molar-refractivity contribution in [2.75, 3.05) is 11.8 Å². The molecule has 1 aromatic heterocycles. The van der Waals surface area contributed by atoms with Crippen LogP contribution >= 0.6 is 0 Å². The lowest BCUT2D eigenvalue weighted by atomic mass is 10.1. The van der Waals surface area contributed by atoms with E-state index in [0.29, 0.717) is 19.3 Å². The molecule has 0 aromatic carbocycles. The average molecular weight is 286 g/mol. The Morgan fingerprint density at radius 1 is 1.42 bits per heavy atom. The Kier molecular flexibility index (Phi) is 3.93. The largest absolute Gasteiger partial charge is 0.469 e. The van der Waals surface area contributed by atoms with Crippen LogP contribution in [0.4, 0.5) is 5.95 Å². The number of carbonyl (C=O) groups excluding carboxylic acids is 1. The lowest BCUT2D eigenvalue weighted by Crippen LogP contribution is -2.35. The average Bonchev–Trinajstić information content (AvgIpc) is 2.88. The molecule has 0 spiro atoms. The molecule has 0 bridgehead atoms. The monoisotopic (exact) mass is 286 g/mol. The van der Waals surface area contributed by atoms with Crippen LogP contribution in [0.3, 0.4) is 0 Å². The molecular formula is C10H14N4O4S. The van der Waals surface area contributed by atoms with Crippen LogP contribution in [0, 0.1) is 5.92 Å². The van der Waals surface area contributed by atoms with Crippen molar-refractivity contribution in [3.05, 3.63) is 12.4 Å². The van der Waals surface area contributed by atoms with Gasteiger partial charge in [-0.1, -0.05) is 6.42 Å². The van der Waals surface area contributed by atoms with Crippen LogP contribution in [0.25, 0.3) is 0 Å². The first kappa shape index (κ1) is 13.7. The van der Waals surface area contributed by atoms with Gasteiger partial charge >= 0.3 is 5.97 Å². The van der Waals surface area contributed by atoms with Crippen molar-refractivity contribution in [1.82, 2.24) is 15.2 Å². The zero-order valence-corrected chi connectivity index (χ0v) is 11.1. The molecule has 19 heavy (non-hydrogen) atoms. The van der Waals surface area contributed by atoms with Gasteiger partial charge < -0.3 is 4.74 Å². The third-order valence-corrected chi connectivity index (χ3v) is 4.90. The van der Waals surface area contributed by atoms with Crippen LogP contribution < -0.4 is 4.72 Å². The molecular weight excluding hydrogens is 272 g/mol. The molecule has 2 atom stereocenters. The number of anilines is 1. The summed E-state index contributed by atoms with van der Waals surface area (Å²) in [6.45, 7) is 0. The van der Waals surface area contributed by atoms with Gasteiger partial charge in [-0.25, -0.2) is 18.1 Å². The van der Waals surface area contributed by atoms with Crippen molar-refractivity contribution in [2.45, 2.75) is 24.5 Å². The quantitative estimate of drug-likeness (QED) is 0.772. The van der Waals surface area contributed by atoms with E-state index in [2.05, 4.69) is 24.6 Å². The van der Waals surface area contributed by atoms with Gasteiger partial charge in [0.05, 0.1) is 30.7 Å². The number of methoxy groups -OCH3 is 1. The minimum atomic E-state index is -3.73. The van der Waals surface area contributed by atoms with Gasteiger partial charge in [0.25, 0.3) is 5.95 Å². The summed E-state index contributed by atoms with van der Waals surface area (Å²) >= 11 is 0. The highest BCUT2D eigenvalue weighted by atomic mass is 32.2. The van der Waals surface area contributed by atoms with E-state index in [9.17, 15) is 13.2 Å². The number of nitrogens with zero attached hydrogens (tertiary/aromatic N) is 3. The van der Waals surface area contributed by atoms with E-state index in [0.717, 1.165) is 0 Å². The minimum absolute atomic E-state index is 0.0991. The third-order valence-electron chi connectivity index (χ3n) is 3.07. The van der Waals surface area contributed by atoms with Crippen LogP contribution in [-0.2, 0) is 19.6 Å². The number of carbonyl (C=O) groups is 1. The number of nitrogens with one attached hydrogen (secondary N) is 1. The maximum Gasteiger partial charge on any atom is 0.310 e. The fourth-order valence-electron chi connectivity index (χ4n) is 2.22. The summed E-state index contributed by atoms with van der Waals surface area (Å²) in [5, 5.41) is 6.28. The van der Waals surface area contributed by atoms with Crippen LogP contribution in [0.2, 0.25) is 0 Å². The van der Waals surface area contributed by atoms with Crippen molar-refractivity contribution in [3.8, 4) is 0 Å². The number of aromatic nitrogens is 3. The first-order valence-corrected chi connectivity index (χ1v) is 7.32. The normalized spacial score (nSPS) is 23.0. The van der Waals surface area contributed by atoms with Crippen LogP contribution in [-0.4, -0.2) is 41.9 Å². The second-order valence-electron chi connectivity index (χ2n) is 4.21. The molecule has 0 saturated heterocycles. The highest BCUT2D eigenvalue weighted by Gasteiger charge is 2.42. The van der Waals surface area contributed by atoms with E-state index in [1.54, 1.807) is 0 Å². The Morgan fingerprint density at radius 2 is 2.21 bits per heavy atom. The number of hydrogen-bond donors (Lipinski definition) is 1. The lowest BCUT2D eigenvalue weighted by Gasteiger charge is -2.17. The first-order valence-electron chi connectivity index (χ1n) is 5.78. The Balaban J connectivity index is 2.17. The van der Waals surface area contributed by atoms with Crippen molar-refractivity contribution < 1.29 is 17.9 Å². The summed E-state index contributed by atoms with van der Waals surface area (Å²) in [7, 11) is -2.48. The van der Waals surface area contributed by atoms with Gasteiger partial charge in [-0.2, -0.15) is 5.10 Å². The summed E-state index contributed by atoms with van der Waals surface area (Å²) in [6, 6.07) is 0. The molecule has 8 nitrogen and oxygen atoms in total. The lowest BCUT2D eigenvalue weighted by molar-refractivity contribution is -0.145. The van der Waals surface area contributed by atoms with Gasteiger partial charge in [0.15, 0.2) is 0 Å². The Bertz CT molecular complexity index is 548. The minimum Gasteiger partial charge on any atom is -0.469 e. The molecule has 1 aliphatic carbocycles. The van der Waals surface area contributed by atoms with Crippen LogP contribution in [0.15, 0.2) is 12.4 Å². The van der Waals surface area contributed by atoms with Crippen LogP contribution in [0.1, 0.15) is 19.3 Å². The second kappa shape index (κ2) is 5.47. The van der Waals surface area contributed by atoms with E-state index < -0.39 is 27.2 Å². The first-order chi connectivity index (χ1) is 9.04. The molecule has 0 amide bonds. The molecule has 1 fully saturated rings. The van der Waals surface area contributed by atoms with Crippen molar-refractivity contribution >= 4 is 21.9 Å². The summed E-state index contributed by atoms with van der Waals surface area (Å²) in [6.07, 6.45) is 4.25. The molecule has 2 rings (SSSR count). The fourth-order valence-corrected chi connectivity index (χ4v) is 3.87. The van der Waals surface area contributed by atoms with E-state index >= 15 is 0 Å². The maximum absolute atomic E-state index is 12.2. The maximum atomic E-state index is 12.2. The zero-order valence-electron chi connectivity index (χ0n) is 10.3. The van der Waals surface area contributed by atoms with E-state index in [-0.39, 0.29) is 5.95 Å². The summed E-state index contributed by atoms with van der Waals surface area (Å²) in [5.74, 6) is -1.24. The van der Waals surface area contributed by atoms with Gasteiger partial charge in [0, 0.05) is 0 Å². The topological polar surface area (TPSA) is 111 Å².